The molecule has 0 unspecified atom stereocenters. The summed E-state index contributed by atoms with van der Waals surface area (Å²) in [7, 11) is 0. The highest BCUT2D eigenvalue weighted by atomic mass is 35.5. The van der Waals surface area contributed by atoms with Crippen LogP contribution < -0.4 is 10.9 Å². The summed E-state index contributed by atoms with van der Waals surface area (Å²) < 4.78 is 0. The first-order valence-corrected chi connectivity index (χ1v) is 4.73. The summed E-state index contributed by atoms with van der Waals surface area (Å²) in [6.07, 6.45) is -0.305. The number of rotatable bonds is 2. The highest BCUT2D eigenvalue weighted by molar-refractivity contribution is 6.30. The van der Waals surface area contributed by atoms with E-state index in [1.165, 1.54) is 12.1 Å². The Morgan fingerprint density at radius 1 is 1.25 bits per heavy atom. The van der Waals surface area contributed by atoms with Crippen molar-refractivity contribution in [3.8, 4) is 6.07 Å². The zero-order valence-corrected chi connectivity index (χ0v) is 8.91. The minimum Gasteiger partial charge on any atom is -0.272 e. The molecule has 6 heteroatoms. The Morgan fingerprint density at radius 3 is 2.44 bits per heavy atom. The van der Waals surface area contributed by atoms with Crippen LogP contribution in [-0.4, -0.2) is 11.8 Å². The van der Waals surface area contributed by atoms with E-state index in [0.717, 1.165) is 0 Å². The maximum atomic E-state index is 11.4. The molecule has 0 atom stereocenters. The van der Waals surface area contributed by atoms with Crippen molar-refractivity contribution in [2.24, 2.45) is 0 Å². The molecule has 2 N–H and O–H groups in total. The van der Waals surface area contributed by atoms with Crippen LogP contribution in [0.15, 0.2) is 24.3 Å². The third kappa shape index (κ3) is 3.59. The summed E-state index contributed by atoms with van der Waals surface area (Å²) in [5.41, 5.74) is 4.64. The van der Waals surface area contributed by atoms with Gasteiger partial charge in [0.2, 0.25) is 0 Å². The van der Waals surface area contributed by atoms with E-state index in [1.807, 2.05) is 0 Å². The van der Waals surface area contributed by atoms with E-state index in [4.69, 9.17) is 16.9 Å². The van der Waals surface area contributed by atoms with Crippen LogP contribution in [0.3, 0.4) is 0 Å². The lowest BCUT2D eigenvalue weighted by Gasteiger charge is -2.05. The normalized spacial score (nSPS) is 9.00. The van der Waals surface area contributed by atoms with Gasteiger partial charge in [0.25, 0.3) is 11.8 Å². The third-order valence-corrected chi connectivity index (χ3v) is 1.91. The Labute approximate surface area is 97.0 Å². The number of carbonyl (C=O) groups is 2. The van der Waals surface area contributed by atoms with Crippen molar-refractivity contribution in [1.29, 1.82) is 5.26 Å². The highest BCUT2D eigenvalue weighted by Gasteiger charge is 2.06. The second-order valence-electron chi connectivity index (χ2n) is 2.84. The van der Waals surface area contributed by atoms with Gasteiger partial charge in [0, 0.05) is 10.6 Å². The molecule has 0 aliphatic heterocycles. The SMILES string of the molecule is N#CCC(=O)NNC(=O)c1ccc(Cl)cc1. The fourth-order valence-electron chi connectivity index (χ4n) is 0.916. The molecule has 1 aromatic carbocycles. The van der Waals surface area contributed by atoms with Crippen molar-refractivity contribution in [2.45, 2.75) is 6.42 Å². The number of carbonyl (C=O) groups excluding carboxylic acids is 2. The fraction of sp³-hybridized carbons (Fsp3) is 0.100. The molecule has 1 rings (SSSR count). The van der Waals surface area contributed by atoms with Crippen molar-refractivity contribution in [3.63, 3.8) is 0 Å². The Bertz CT molecular complexity index is 436. The molecule has 0 aromatic heterocycles. The van der Waals surface area contributed by atoms with E-state index in [-0.39, 0.29) is 6.42 Å². The van der Waals surface area contributed by atoms with Crippen LogP contribution in [0, 0.1) is 11.3 Å². The predicted octanol–water partition coefficient (Wildman–Crippen LogP) is 1.01. The monoisotopic (exact) mass is 237 g/mol. The van der Waals surface area contributed by atoms with Gasteiger partial charge in [-0.05, 0) is 24.3 Å². The zero-order chi connectivity index (χ0) is 12.0. The number of halogens is 1. The number of nitriles is 1. The smallest absolute Gasteiger partial charge is 0.269 e. The molecule has 16 heavy (non-hydrogen) atoms. The molecular weight excluding hydrogens is 230 g/mol. The maximum absolute atomic E-state index is 11.4. The molecule has 0 aliphatic rings. The molecule has 0 heterocycles. The lowest BCUT2D eigenvalue weighted by Crippen LogP contribution is -2.41. The lowest BCUT2D eigenvalue weighted by atomic mass is 10.2. The molecule has 0 radical (unpaired) electrons. The van der Waals surface area contributed by atoms with Gasteiger partial charge in [-0.25, -0.2) is 0 Å². The molecule has 0 bridgehead atoms. The van der Waals surface area contributed by atoms with Crippen LogP contribution in [0.5, 0.6) is 0 Å². The van der Waals surface area contributed by atoms with Crippen LogP contribution in [-0.2, 0) is 4.79 Å². The first-order valence-electron chi connectivity index (χ1n) is 4.35. The summed E-state index contributed by atoms with van der Waals surface area (Å²) in [6.45, 7) is 0. The number of nitrogens with one attached hydrogen (secondary N) is 2. The molecule has 2 amide bonds. The third-order valence-electron chi connectivity index (χ3n) is 1.66. The number of hydrogen-bond donors (Lipinski definition) is 2. The Kier molecular flexibility index (Phi) is 4.30. The molecular formula is C10H8ClN3O2. The topological polar surface area (TPSA) is 82.0 Å². The van der Waals surface area contributed by atoms with Crippen molar-refractivity contribution in [1.82, 2.24) is 10.9 Å². The standard InChI is InChI=1S/C10H8ClN3O2/c11-8-3-1-7(2-4-8)10(16)14-13-9(15)5-6-12/h1-4H,5H2,(H,13,15)(H,14,16). The van der Waals surface area contributed by atoms with Gasteiger partial charge in [-0.15, -0.1) is 0 Å². The van der Waals surface area contributed by atoms with Gasteiger partial charge in [0.15, 0.2) is 0 Å². The first-order chi connectivity index (χ1) is 7.63. The van der Waals surface area contributed by atoms with Gasteiger partial charge in [0.05, 0.1) is 6.07 Å². The molecule has 0 saturated heterocycles. The number of hydrogen-bond acceptors (Lipinski definition) is 3. The van der Waals surface area contributed by atoms with E-state index in [9.17, 15) is 9.59 Å². The van der Waals surface area contributed by atoms with Gasteiger partial charge in [-0.3, -0.25) is 20.4 Å². The molecule has 1 aromatic rings. The summed E-state index contributed by atoms with van der Waals surface area (Å²) >= 11 is 5.65. The average molecular weight is 238 g/mol. The summed E-state index contributed by atoms with van der Waals surface area (Å²) in [6, 6.07) is 7.83. The Morgan fingerprint density at radius 2 is 1.88 bits per heavy atom. The Hall–Kier alpha value is -2.06. The van der Waals surface area contributed by atoms with Crippen molar-refractivity contribution in [2.75, 3.05) is 0 Å². The van der Waals surface area contributed by atoms with E-state index in [0.29, 0.717) is 10.6 Å². The van der Waals surface area contributed by atoms with E-state index in [2.05, 4.69) is 10.9 Å². The minimum atomic E-state index is -0.565. The first kappa shape index (κ1) is 12.0. The number of hydrazine groups is 1. The second kappa shape index (κ2) is 5.73. The lowest BCUT2D eigenvalue weighted by molar-refractivity contribution is -0.120. The molecule has 0 fully saturated rings. The molecule has 0 spiro atoms. The number of benzene rings is 1. The van der Waals surface area contributed by atoms with E-state index >= 15 is 0 Å². The van der Waals surface area contributed by atoms with Crippen LogP contribution in [0.4, 0.5) is 0 Å². The van der Waals surface area contributed by atoms with Gasteiger partial charge in [-0.2, -0.15) is 5.26 Å². The second-order valence-corrected chi connectivity index (χ2v) is 3.28. The number of amides is 2. The summed E-state index contributed by atoms with van der Waals surface area (Å²) in [5, 5.41) is 8.73. The van der Waals surface area contributed by atoms with Crippen LogP contribution in [0.2, 0.25) is 5.02 Å². The van der Waals surface area contributed by atoms with Crippen molar-refractivity contribution < 1.29 is 9.59 Å². The molecule has 82 valence electrons. The number of nitrogens with zero attached hydrogens (tertiary/aromatic N) is 1. The van der Waals surface area contributed by atoms with Crippen LogP contribution in [0.25, 0.3) is 0 Å². The van der Waals surface area contributed by atoms with Crippen molar-refractivity contribution >= 4 is 23.4 Å². The van der Waals surface area contributed by atoms with Crippen molar-refractivity contribution in [3.05, 3.63) is 34.9 Å². The minimum absolute atomic E-state index is 0.305. The van der Waals surface area contributed by atoms with Gasteiger partial charge in [0.1, 0.15) is 6.42 Å². The van der Waals surface area contributed by atoms with E-state index in [1.54, 1.807) is 18.2 Å². The average Bonchev–Trinajstić information content (AvgIpc) is 2.27. The summed E-state index contributed by atoms with van der Waals surface area (Å²) in [5.74, 6) is -1.03. The largest absolute Gasteiger partial charge is 0.272 e. The van der Waals surface area contributed by atoms with E-state index < -0.39 is 11.8 Å². The molecule has 0 saturated carbocycles. The highest BCUT2D eigenvalue weighted by Crippen LogP contribution is 2.08. The quantitative estimate of drug-likeness (QED) is 0.754. The van der Waals surface area contributed by atoms with Crippen LogP contribution >= 0.6 is 11.6 Å². The zero-order valence-electron chi connectivity index (χ0n) is 8.16. The van der Waals surface area contributed by atoms with Gasteiger partial charge >= 0.3 is 0 Å². The molecule has 5 nitrogen and oxygen atoms in total. The van der Waals surface area contributed by atoms with Gasteiger partial charge < -0.3 is 0 Å². The fourth-order valence-corrected chi connectivity index (χ4v) is 1.04. The van der Waals surface area contributed by atoms with Crippen LogP contribution in [0.1, 0.15) is 16.8 Å². The predicted molar refractivity (Wildman–Crippen MR) is 57.3 cm³/mol. The maximum Gasteiger partial charge on any atom is 0.269 e. The summed E-state index contributed by atoms with van der Waals surface area (Å²) in [4.78, 5) is 22.3. The molecule has 0 aliphatic carbocycles. The Balaban J connectivity index is 2.50. The van der Waals surface area contributed by atoms with Gasteiger partial charge in [-0.1, -0.05) is 11.6 Å².